The van der Waals surface area contributed by atoms with Gasteiger partial charge in [-0.05, 0) is 44.3 Å². The highest BCUT2D eigenvalue weighted by Gasteiger charge is 2.46. The maximum Gasteiger partial charge on any atom is 0.257 e. The largest absolute Gasteiger partial charge is 0.389 e. The number of hydrogen-bond donors (Lipinski definition) is 1. The first-order chi connectivity index (χ1) is 12.4. The Morgan fingerprint density at radius 1 is 1.19 bits per heavy atom. The Kier molecular flexibility index (Phi) is 5.07. The van der Waals surface area contributed by atoms with Crippen LogP contribution in [0.2, 0.25) is 0 Å². The van der Waals surface area contributed by atoms with Gasteiger partial charge in [-0.2, -0.15) is 0 Å². The van der Waals surface area contributed by atoms with E-state index in [2.05, 4.69) is 0 Å². The highest BCUT2D eigenvalue weighted by molar-refractivity contribution is 5.94. The molecule has 1 aliphatic rings. The van der Waals surface area contributed by atoms with Crippen molar-refractivity contribution in [3.05, 3.63) is 71.3 Å². The predicted octanol–water partition coefficient (Wildman–Crippen LogP) is 2.63. The molecule has 138 valence electrons. The molecule has 0 unspecified atom stereocenters. The lowest BCUT2D eigenvalue weighted by Gasteiger charge is -2.49. The number of halogens is 2. The summed E-state index contributed by atoms with van der Waals surface area (Å²) in [6.07, 6.45) is -0.386. The second-order valence-electron chi connectivity index (χ2n) is 6.83. The Hall–Kier alpha value is -2.31. The smallest absolute Gasteiger partial charge is 0.257 e. The van der Waals surface area contributed by atoms with Crippen LogP contribution in [0.4, 0.5) is 8.78 Å². The molecule has 4 nitrogen and oxygen atoms in total. The zero-order valence-electron chi connectivity index (χ0n) is 14.8. The van der Waals surface area contributed by atoms with Gasteiger partial charge in [0.25, 0.3) is 5.91 Å². The molecule has 2 aromatic rings. The lowest BCUT2D eigenvalue weighted by Crippen LogP contribution is -2.60. The molecule has 0 radical (unpaired) electrons. The van der Waals surface area contributed by atoms with Gasteiger partial charge in [-0.15, -0.1) is 0 Å². The quantitative estimate of drug-likeness (QED) is 0.915. The maximum atomic E-state index is 13.9. The molecule has 1 aliphatic heterocycles. The minimum absolute atomic E-state index is 0.0435. The van der Waals surface area contributed by atoms with E-state index in [0.717, 1.165) is 23.8 Å². The van der Waals surface area contributed by atoms with Crippen LogP contribution in [0.15, 0.2) is 48.5 Å². The number of carbonyl (C=O) groups is 1. The molecule has 2 atom stereocenters. The van der Waals surface area contributed by atoms with Crippen molar-refractivity contribution in [2.75, 3.05) is 27.2 Å². The number of aliphatic hydroxyl groups is 1. The summed E-state index contributed by atoms with van der Waals surface area (Å²) in [6, 6.07) is 12.4. The third-order valence-electron chi connectivity index (χ3n) is 5.23. The number of rotatable bonds is 3. The number of aliphatic hydroxyl groups excluding tert-OH is 1. The minimum Gasteiger partial charge on any atom is -0.389 e. The number of carbonyl (C=O) groups excluding carboxylic acids is 1. The van der Waals surface area contributed by atoms with Crippen molar-refractivity contribution >= 4 is 5.91 Å². The monoisotopic (exact) mass is 360 g/mol. The first-order valence-electron chi connectivity index (χ1n) is 8.51. The second-order valence-corrected chi connectivity index (χ2v) is 6.83. The average Bonchev–Trinajstić information content (AvgIpc) is 2.63. The fourth-order valence-corrected chi connectivity index (χ4v) is 3.78. The Morgan fingerprint density at radius 2 is 1.88 bits per heavy atom. The van der Waals surface area contributed by atoms with Crippen molar-refractivity contribution in [3.63, 3.8) is 0 Å². The van der Waals surface area contributed by atoms with Gasteiger partial charge in [0.05, 0.1) is 17.2 Å². The highest BCUT2D eigenvalue weighted by Crippen LogP contribution is 2.38. The number of β-amino-alcohol motifs (C(OH)–C–C–N with tert-alkyl or cyclic N) is 1. The van der Waals surface area contributed by atoms with Gasteiger partial charge in [0.1, 0.15) is 11.6 Å². The van der Waals surface area contributed by atoms with Crippen molar-refractivity contribution < 1.29 is 18.7 Å². The molecule has 6 heteroatoms. The molecule has 26 heavy (non-hydrogen) atoms. The van der Waals surface area contributed by atoms with Crippen LogP contribution in [-0.4, -0.2) is 54.1 Å². The summed E-state index contributed by atoms with van der Waals surface area (Å²) in [4.78, 5) is 16.0. The SMILES string of the molecule is CN(C)[C@]1(c2ccccc2)CCN(C(=O)c2cc(F)ccc2F)C[C@H]1O. The molecule has 1 fully saturated rings. The van der Waals surface area contributed by atoms with E-state index >= 15 is 0 Å². The van der Waals surface area contributed by atoms with Crippen LogP contribution in [-0.2, 0) is 5.54 Å². The van der Waals surface area contributed by atoms with E-state index in [1.165, 1.54) is 4.90 Å². The van der Waals surface area contributed by atoms with Gasteiger partial charge >= 0.3 is 0 Å². The van der Waals surface area contributed by atoms with Crippen molar-refractivity contribution in [2.45, 2.75) is 18.1 Å². The van der Waals surface area contributed by atoms with Gasteiger partial charge in [-0.25, -0.2) is 8.78 Å². The van der Waals surface area contributed by atoms with Gasteiger partial charge in [-0.1, -0.05) is 30.3 Å². The fraction of sp³-hybridized carbons (Fsp3) is 0.350. The van der Waals surface area contributed by atoms with Gasteiger partial charge in [-0.3, -0.25) is 9.69 Å². The summed E-state index contributed by atoms with van der Waals surface area (Å²) in [6.45, 7) is 0.376. The number of amides is 1. The van der Waals surface area contributed by atoms with Gasteiger partial charge in [0.15, 0.2) is 0 Å². The Labute approximate surface area is 151 Å². The van der Waals surface area contributed by atoms with E-state index in [1.54, 1.807) is 0 Å². The lowest BCUT2D eigenvalue weighted by molar-refractivity contribution is -0.0613. The third-order valence-corrected chi connectivity index (χ3v) is 5.23. The first kappa shape index (κ1) is 18.5. The number of nitrogens with zero attached hydrogens (tertiary/aromatic N) is 2. The summed E-state index contributed by atoms with van der Waals surface area (Å²) >= 11 is 0. The first-order valence-corrected chi connectivity index (χ1v) is 8.51. The van der Waals surface area contributed by atoms with E-state index in [-0.39, 0.29) is 12.1 Å². The number of benzene rings is 2. The van der Waals surface area contributed by atoms with Crippen molar-refractivity contribution in [2.24, 2.45) is 0 Å². The summed E-state index contributed by atoms with van der Waals surface area (Å²) in [5.41, 5.74) is 0.00853. The molecule has 0 spiro atoms. The molecule has 0 aliphatic carbocycles. The van der Waals surface area contributed by atoms with E-state index < -0.39 is 29.2 Å². The molecule has 1 N–H and O–H groups in total. The predicted molar refractivity (Wildman–Crippen MR) is 94.7 cm³/mol. The number of piperidine rings is 1. The molecule has 2 aromatic carbocycles. The van der Waals surface area contributed by atoms with E-state index in [9.17, 15) is 18.7 Å². The van der Waals surface area contributed by atoms with E-state index in [1.807, 2.05) is 49.3 Å². The lowest BCUT2D eigenvalue weighted by atomic mass is 9.77. The summed E-state index contributed by atoms with van der Waals surface area (Å²) in [7, 11) is 3.78. The molecule has 3 rings (SSSR count). The average molecular weight is 360 g/mol. The Balaban J connectivity index is 1.87. The molecule has 1 amide bonds. The zero-order valence-corrected chi connectivity index (χ0v) is 14.8. The normalized spacial score (nSPS) is 23.3. The van der Waals surface area contributed by atoms with E-state index in [0.29, 0.717) is 13.0 Å². The Morgan fingerprint density at radius 3 is 2.50 bits per heavy atom. The topological polar surface area (TPSA) is 43.8 Å². The molecule has 1 heterocycles. The minimum atomic E-state index is -0.866. The van der Waals surface area contributed by atoms with Crippen molar-refractivity contribution in [1.29, 1.82) is 0 Å². The molecular weight excluding hydrogens is 338 g/mol. The van der Waals surface area contributed by atoms with Crippen LogP contribution in [0.1, 0.15) is 22.3 Å². The van der Waals surface area contributed by atoms with Crippen molar-refractivity contribution in [1.82, 2.24) is 9.80 Å². The van der Waals surface area contributed by atoms with Crippen LogP contribution < -0.4 is 0 Å². The highest BCUT2D eigenvalue weighted by atomic mass is 19.1. The van der Waals surface area contributed by atoms with Gasteiger partial charge < -0.3 is 10.0 Å². The zero-order chi connectivity index (χ0) is 18.9. The summed E-state index contributed by atoms with van der Waals surface area (Å²) < 4.78 is 27.3. The van der Waals surface area contributed by atoms with Crippen LogP contribution in [0.25, 0.3) is 0 Å². The molecule has 0 aromatic heterocycles. The molecular formula is C20H22F2N2O2. The second kappa shape index (κ2) is 7.13. The fourth-order valence-electron chi connectivity index (χ4n) is 3.78. The summed E-state index contributed by atoms with van der Waals surface area (Å²) in [5, 5.41) is 10.9. The van der Waals surface area contributed by atoms with Gasteiger partial charge in [0, 0.05) is 13.1 Å². The standard InChI is InChI=1S/C20H22F2N2O2/c1-23(2)20(14-6-4-3-5-7-14)10-11-24(13-18(20)25)19(26)16-12-15(21)8-9-17(16)22/h3-9,12,18,25H,10-11,13H2,1-2H3/t18-,20+/m1/s1. The Bertz CT molecular complexity index is 798. The molecule has 1 saturated heterocycles. The van der Waals surface area contributed by atoms with Crippen molar-refractivity contribution in [3.8, 4) is 0 Å². The van der Waals surface area contributed by atoms with Crippen LogP contribution in [0.5, 0.6) is 0 Å². The number of likely N-dealkylation sites (N-methyl/N-ethyl adjacent to an activating group) is 1. The number of likely N-dealkylation sites (tertiary alicyclic amines) is 1. The third kappa shape index (κ3) is 3.10. The maximum absolute atomic E-state index is 13.9. The van der Waals surface area contributed by atoms with Crippen LogP contribution >= 0.6 is 0 Å². The van der Waals surface area contributed by atoms with Crippen LogP contribution in [0.3, 0.4) is 0 Å². The van der Waals surface area contributed by atoms with Gasteiger partial charge in [0.2, 0.25) is 0 Å². The van der Waals surface area contributed by atoms with Crippen LogP contribution in [0, 0.1) is 11.6 Å². The van der Waals surface area contributed by atoms with E-state index in [4.69, 9.17) is 0 Å². The summed E-state index contributed by atoms with van der Waals surface area (Å²) in [5.74, 6) is -2.04. The number of hydrogen-bond acceptors (Lipinski definition) is 3. The molecule has 0 saturated carbocycles. The molecule has 0 bridgehead atoms.